The van der Waals surface area contributed by atoms with E-state index < -0.39 is 0 Å². The van der Waals surface area contributed by atoms with E-state index in [1.165, 1.54) is 25.7 Å². The van der Waals surface area contributed by atoms with Crippen LogP contribution in [0.1, 0.15) is 43.8 Å². The fourth-order valence-corrected chi connectivity index (χ4v) is 4.08. The van der Waals surface area contributed by atoms with Gasteiger partial charge in [0, 0.05) is 17.1 Å². The highest BCUT2D eigenvalue weighted by molar-refractivity contribution is 6.30. The first-order valence-electron chi connectivity index (χ1n) is 7.29. The molecule has 0 radical (unpaired) electrons. The second-order valence-electron chi connectivity index (χ2n) is 6.19. The SMILES string of the molecule is CN1C2CCC1CC(CC(O)c1cccc(Cl)c1)C2. The number of halogens is 1. The molecule has 0 saturated carbocycles. The average molecular weight is 280 g/mol. The summed E-state index contributed by atoms with van der Waals surface area (Å²) in [5, 5.41) is 11.1. The smallest absolute Gasteiger partial charge is 0.0793 e. The Morgan fingerprint density at radius 1 is 1.32 bits per heavy atom. The van der Waals surface area contributed by atoms with Gasteiger partial charge in [-0.1, -0.05) is 23.7 Å². The first-order valence-corrected chi connectivity index (χ1v) is 7.66. The van der Waals surface area contributed by atoms with Gasteiger partial charge >= 0.3 is 0 Å². The van der Waals surface area contributed by atoms with Gasteiger partial charge < -0.3 is 10.0 Å². The molecule has 104 valence electrons. The van der Waals surface area contributed by atoms with E-state index in [9.17, 15) is 5.11 Å². The van der Waals surface area contributed by atoms with Crippen molar-refractivity contribution in [2.45, 2.75) is 50.3 Å². The second kappa shape index (κ2) is 5.43. The number of rotatable bonds is 3. The molecule has 3 rings (SSSR count). The van der Waals surface area contributed by atoms with Crippen molar-refractivity contribution in [2.75, 3.05) is 7.05 Å². The molecule has 3 unspecified atom stereocenters. The lowest BCUT2D eigenvalue weighted by Crippen LogP contribution is -2.40. The quantitative estimate of drug-likeness (QED) is 0.913. The predicted octanol–water partition coefficient (Wildman–Crippen LogP) is 3.64. The van der Waals surface area contributed by atoms with E-state index in [1.54, 1.807) is 0 Å². The number of aliphatic hydroxyl groups excluding tert-OH is 1. The van der Waals surface area contributed by atoms with Crippen LogP contribution in [-0.4, -0.2) is 29.1 Å². The van der Waals surface area contributed by atoms with E-state index >= 15 is 0 Å². The van der Waals surface area contributed by atoms with E-state index in [1.807, 2.05) is 24.3 Å². The summed E-state index contributed by atoms with van der Waals surface area (Å²) in [6.07, 6.45) is 5.67. The van der Waals surface area contributed by atoms with Crippen molar-refractivity contribution in [3.8, 4) is 0 Å². The number of nitrogens with zero attached hydrogens (tertiary/aromatic N) is 1. The van der Waals surface area contributed by atoms with Crippen LogP contribution in [0.3, 0.4) is 0 Å². The number of hydrogen-bond acceptors (Lipinski definition) is 2. The van der Waals surface area contributed by atoms with E-state index in [0.29, 0.717) is 10.9 Å². The topological polar surface area (TPSA) is 23.5 Å². The summed E-state index contributed by atoms with van der Waals surface area (Å²) in [6, 6.07) is 9.12. The molecule has 2 aliphatic rings. The summed E-state index contributed by atoms with van der Waals surface area (Å²) in [4.78, 5) is 2.54. The fraction of sp³-hybridized carbons (Fsp3) is 0.625. The Morgan fingerprint density at radius 2 is 2.00 bits per heavy atom. The highest BCUT2D eigenvalue weighted by atomic mass is 35.5. The molecule has 2 fully saturated rings. The third-order valence-corrected chi connectivity index (χ3v) is 5.22. The van der Waals surface area contributed by atoms with Gasteiger partial charge in [0.1, 0.15) is 0 Å². The Balaban J connectivity index is 1.63. The molecule has 0 amide bonds. The molecule has 3 atom stereocenters. The van der Waals surface area contributed by atoms with Gasteiger partial charge in [0.05, 0.1) is 6.10 Å². The summed E-state index contributed by atoms with van der Waals surface area (Å²) < 4.78 is 0. The number of aliphatic hydroxyl groups is 1. The molecule has 2 saturated heterocycles. The Labute approximate surface area is 120 Å². The van der Waals surface area contributed by atoms with Crippen molar-refractivity contribution in [1.82, 2.24) is 4.90 Å². The van der Waals surface area contributed by atoms with Crippen LogP contribution < -0.4 is 0 Å². The van der Waals surface area contributed by atoms with Crippen LogP contribution >= 0.6 is 11.6 Å². The molecule has 0 spiro atoms. The summed E-state index contributed by atoms with van der Waals surface area (Å²) in [5.74, 6) is 0.655. The third-order valence-electron chi connectivity index (χ3n) is 4.99. The van der Waals surface area contributed by atoms with Crippen LogP contribution in [0, 0.1) is 5.92 Å². The van der Waals surface area contributed by atoms with Crippen LogP contribution in [0.2, 0.25) is 5.02 Å². The maximum atomic E-state index is 10.4. The molecule has 3 heteroatoms. The van der Waals surface area contributed by atoms with Crippen molar-refractivity contribution >= 4 is 11.6 Å². The van der Waals surface area contributed by atoms with E-state index in [-0.39, 0.29) is 6.10 Å². The Morgan fingerprint density at radius 3 is 2.63 bits per heavy atom. The molecule has 2 heterocycles. The number of benzene rings is 1. The van der Waals surface area contributed by atoms with Crippen molar-refractivity contribution < 1.29 is 5.11 Å². The molecule has 2 bridgehead atoms. The van der Waals surface area contributed by atoms with Crippen LogP contribution in [0.25, 0.3) is 0 Å². The van der Waals surface area contributed by atoms with Crippen LogP contribution in [0.5, 0.6) is 0 Å². The molecular weight excluding hydrogens is 258 g/mol. The Kier molecular flexibility index (Phi) is 3.84. The average Bonchev–Trinajstić information content (AvgIpc) is 2.62. The zero-order valence-corrected chi connectivity index (χ0v) is 12.2. The van der Waals surface area contributed by atoms with Crippen LogP contribution in [0.15, 0.2) is 24.3 Å². The van der Waals surface area contributed by atoms with E-state index in [0.717, 1.165) is 24.1 Å². The van der Waals surface area contributed by atoms with Gasteiger partial charge in [-0.15, -0.1) is 0 Å². The standard InChI is InChI=1S/C16H22ClNO/c1-18-14-5-6-15(18)8-11(7-14)9-16(19)12-3-2-4-13(17)10-12/h2-4,10-11,14-16,19H,5-9H2,1H3. The minimum atomic E-state index is -0.369. The zero-order valence-electron chi connectivity index (χ0n) is 11.4. The van der Waals surface area contributed by atoms with Crippen LogP contribution in [0.4, 0.5) is 0 Å². The Hall–Kier alpha value is -0.570. The van der Waals surface area contributed by atoms with Gasteiger partial charge in [0.2, 0.25) is 0 Å². The number of fused-ring (bicyclic) bond motifs is 2. The molecule has 19 heavy (non-hydrogen) atoms. The van der Waals surface area contributed by atoms with Gasteiger partial charge in [-0.25, -0.2) is 0 Å². The maximum Gasteiger partial charge on any atom is 0.0793 e. The van der Waals surface area contributed by atoms with Gasteiger partial charge in [-0.3, -0.25) is 0 Å². The molecule has 0 aromatic heterocycles. The van der Waals surface area contributed by atoms with Gasteiger partial charge in [-0.05, 0) is 62.8 Å². The highest BCUT2D eigenvalue weighted by Crippen LogP contribution is 2.40. The molecule has 1 aromatic rings. The van der Waals surface area contributed by atoms with Crippen LogP contribution in [-0.2, 0) is 0 Å². The molecule has 1 N–H and O–H groups in total. The summed E-state index contributed by atoms with van der Waals surface area (Å²) in [7, 11) is 2.26. The van der Waals surface area contributed by atoms with Gasteiger partial charge in [-0.2, -0.15) is 0 Å². The minimum Gasteiger partial charge on any atom is -0.388 e. The lowest BCUT2D eigenvalue weighted by molar-refractivity contribution is 0.0836. The summed E-state index contributed by atoms with van der Waals surface area (Å²) >= 11 is 5.99. The van der Waals surface area contributed by atoms with E-state index in [4.69, 9.17) is 11.6 Å². The molecule has 2 nitrogen and oxygen atoms in total. The van der Waals surface area contributed by atoms with E-state index in [2.05, 4.69) is 11.9 Å². The number of piperidine rings is 1. The lowest BCUT2D eigenvalue weighted by atomic mass is 9.85. The molecule has 0 aliphatic carbocycles. The third kappa shape index (κ3) is 2.81. The number of hydrogen-bond donors (Lipinski definition) is 1. The molecule has 2 aliphatic heterocycles. The Bertz CT molecular complexity index is 436. The fourth-order valence-electron chi connectivity index (χ4n) is 3.88. The highest BCUT2D eigenvalue weighted by Gasteiger charge is 2.38. The van der Waals surface area contributed by atoms with Gasteiger partial charge in [0.15, 0.2) is 0 Å². The lowest BCUT2D eigenvalue weighted by Gasteiger charge is -2.37. The normalized spacial score (nSPS) is 32.5. The van der Waals surface area contributed by atoms with Crippen molar-refractivity contribution in [3.63, 3.8) is 0 Å². The first-order chi connectivity index (χ1) is 9.13. The first kappa shape index (κ1) is 13.4. The van der Waals surface area contributed by atoms with Crippen molar-refractivity contribution in [2.24, 2.45) is 5.92 Å². The second-order valence-corrected chi connectivity index (χ2v) is 6.63. The molecular formula is C16H22ClNO. The summed E-state index contributed by atoms with van der Waals surface area (Å²) in [6.45, 7) is 0. The van der Waals surface area contributed by atoms with Crippen molar-refractivity contribution in [3.05, 3.63) is 34.9 Å². The maximum absolute atomic E-state index is 10.4. The van der Waals surface area contributed by atoms with Gasteiger partial charge in [0.25, 0.3) is 0 Å². The summed E-state index contributed by atoms with van der Waals surface area (Å²) in [5.41, 5.74) is 0.957. The predicted molar refractivity (Wildman–Crippen MR) is 78.3 cm³/mol. The largest absolute Gasteiger partial charge is 0.388 e. The molecule has 1 aromatic carbocycles. The minimum absolute atomic E-state index is 0.369. The van der Waals surface area contributed by atoms with Crippen molar-refractivity contribution in [1.29, 1.82) is 0 Å². The monoisotopic (exact) mass is 279 g/mol. The zero-order chi connectivity index (χ0) is 13.4.